The molecule has 35 heavy (non-hydrogen) atoms. The molecular formula is C27H41N3O5. The minimum absolute atomic E-state index is 0.369. The largest absolute Gasteiger partial charge is 0.444 e. The predicted octanol–water partition coefficient (Wildman–Crippen LogP) is 3.53. The van der Waals surface area contributed by atoms with Gasteiger partial charge >= 0.3 is 6.09 Å². The summed E-state index contributed by atoms with van der Waals surface area (Å²) in [6.45, 7) is 10.7. The van der Waals surface area contributed by atoms with E-state index in [4.69, 9.17) is 11.2 Å². The lowest BCUT2D eigenvalue weighted by Gasteiger charge is -2.38. The number of nitrogens with one attached hydrogen (secondary N) is 2. The number of benzene rings is 1. The first kappa shape index (κ1) is 30.0. The van der Waals surface area contributed by atoms with Crippen LogP contribution in [0.4, 0.5) is 4.79 Å². The first-order valence-electron chi connectivity index (χ1n) is 12.3. The molecule has 0 heterocycles. The molecule has 0 aromatic heterocycles. The molecule has 0 fully saturated rings. The van der Waals surface area contributed by atoms with Crippen LogP contribution in [0.25, 0.3) is 0 Å². The van der Waals surface area contributed by atoms with Crippen LogP contribution in [0.5, 0.6) is 0 Å². The van der Waals surface area contributed by atoms with E-state index in [0.29, 0.717) is 24.1 Å². The highest BCUT2D eigenvalue weighted by molar-refractivity contribution is 5.92. The van der Waals surface area contributed by atoms with Gasteiger partial charge in [-0.2, -0.15) is 0 Å². The summed E-state index contributed by atoms with van der Waals surface area (Å²) < 4.78 is 5.25. The molecule has 3 N–H and O–H groups in total. The minimum atomic E-state index is -1.30. The van der Waals surface area contributed by atoms with Crippen molar-refractivity contribution in [2.75, 3.05) is 13.2 Å². The first-order valence-corrected chi connectivity index (χ1v) is 12.3. The molecule has 8 heteroatoms. The number of terminal acetylenes is 1. The Hall–Kier alpha value is -3.05. The molecule has 0 aliphatic heterocycles. The number of unbranched alkanes of at least 4 members (excludes halogenated alkanes) is 2. The van der Waals surface area contributed by atoms with Crippen LogP contribution in [0.1, 0.15) is 84.4 Å². The van der Waals surface area contributed by atoms with Crippen molar-refractivity contribution in [3.63, 3.8) is 0 Å². The van der Waals surface area contributed by atoms with Crippen molar-refractivity contribution >= 4 is 17.9 Å². The van der Waals surface area contributed by atoms with E-state index >= 15 is 0 Å². The van der Waals surface area contributed by atoms with Crippen LogP contribution in [-0.4, -0.2) is 58.8 Å². The van der Waals surface area contributed by atoms with E-state index in [1.807, 2.05) is 13.8 Å². The zero-order valence-electron chi connectivity index (χ0n) is 21.9. The van der Waals surface area contributed by atoms with Gasteiger partial charge in [-0.25, -0.2) is 4.79 Å². The molecule has 0 saturated heterocycles. The molecule has 0 radical (unpaired) electrons. The van der Waals surface area contributed by atoms with Crippen molar-refractivity contribution in [1.29, 1.82) is 0 Å². The molecule has 1 rings (SSSR count). The summed E-state index contributed by atoms with van der Waals surface area (Å²) in [4.78, 5) is 41.0. The fourth-order valence-electron chi connectivity index (χ4n) is 3.58. The number of hydrogen-bond acceptors (Lipinski definition) is 5. The van der Waals surface area contributed by atoms with Crippen molar-refractivity contribution in [2.45, 2.75) is 91.0 Å². The topological polar surface area (TPSA) is 108 Å². The van der Waals surface area contributed by atoms with Gasteiger partial charge in [0.2, 0.25) is 11.8 Å². The lowest BCUT2D eigenvalue weighted by atomic mass is 9.95. The highest BCUT2D eigenvalue weighted by Crippen LogP contribution is 2.28. The SMILES string of the molecule is C#Cc1ccccc1C(C(=O)NCCCCC)N(C(=O)C(CO)NC(=O)OC(C)(C)C)C(C)CC. The number of carbonyl (C=O) groups is 3. The second-order valence-electron chi connectivity index (χ2n) is 9.52. The van der Waals surface area contributed by atoms with Gasteiger partial charge in [0.15, 0.2) is 0 Å². The van der Waals surface area contributed by atoms with E-state index in [2.05, 4.69) is 23.5 Å². The Labute approximate surface area is 209 Å². The normalized spacial score (nSPS) is 13.7. The van der Waals surface area contributed by atoms with Gasteiger partial charge in [-0.15, -0.1) is 6.42 Å². The number of nitrogens with zero attached hydrogens (tertiary/aromatic N) is 1. The van der Waals surface area contributed by atoms with Gasteiger partial charge in [-0.05, 0) is 52.2 Å². The molecule has 8 nitrogen and oxygen atoms in total. The third kappa shape index (κ3) is 9.25. The van der Waals surface area contributed by atoms with Crippen molar-refractivity contribution in [1.82, 2.24) is 15.5 Å². The maximum Gasteiger partial charge on any atom is 0.408 e. The molecule has 0 bridgehead atoms. The quantitative estimate of drug-likeness (QED) is 0.309. The summed E-state index contributed by atoms with van der Waals surface area (Å²) in [5.74, 6) is 1.63. The lowest BCUT2D eigenvalue weighted by molar-refractivity contribution is -0.145. The second-order valence-corrected chi connectivity index (χ2v) is 9.52. The van der Waals surface area contributed by atoms with E-state index in [-0.39, 0.29) is 5.91 Å². The molecule has 3 amide bonds. The molecule has 0 aliphatic rings. The molecule has 0 aliphatic carbocycles. The van der Waals surface area contributed by atoms with Gasteiger partial charge in [0, 0.05) is 18.2 Å². The number of aliphatic hydroxyl groups excluding tert-OH is 1. The van der Waals surface area contributed by atoms with Crippen molar-refractivity contribution < 1.29 is 24.2 Å². The molecule has 3 atom stereocenters. The summed E-state index contributed by atoms with van der Waals surface area (Å²) in [6.07, 6.45) is 8.20. The number of ether oxygens (including phenoxy) is 1. The van der Waals surface area contributed by atoms with Gasteiger partial charge in [-0.1, -0.05) is 50.8 Å². The lowest BCUT2D eigenvalue weighted by Crippen LogP contribution is -2.56. The third-order valence-electron chi connectivity index (χ3n) is 5.51. The minimum Gasteiger partial charge on any atom is -0.444 e. The average Bonchev–Trinajstić information content (AvgIpc) is 2.81. The second kappa shape index (κ2) is 14.4. The molecular weight excluding hydrogens is 446 g/mol. The highest BCUT2D eigenvalue weighted by Gasteiger charge is 2.39. The maximum absolute atomic E-state index is 13.7. The van der Waals surface area contributed by atoms with Crippen LogP contribution in [0, 0.1) is 12.3 Å². The van der Waals surface area contributed by atoms with E-state index in [1.165, 1.54) is 4.90 Å². The van der Waals surface area contributed by atoms with Crippen LogP contribution in [-0.2, 0) is 14.3 Å². The van der Waals surface area contributed by atoms with Crippen LogP contribution in [0.2, 0.25) is 0 Å². The van der Waals surface area contributed by atoms with Gasteiger partial charge in [-0.3, -0.25) is 9.59 Å². The van der Waals surface area contributed by atoms with Crippen LogP contribution in [0.3, 0.4) is 0 Å². The Balaban J connectivity index is 3.44. The molecule has 1 aromatic rings. The van der Waals surface area contributed by atoms with Crippen molar-refractivity contribution in [2.24, 2.45) is 0 Å². The Morgan fingerprint density at radius 2 is 1.83 bits per heavy atom. The average molecular weight is 488 g/mol. The van der Waals surface area contributed by atoms with E-state index < -0.39 is 42.3 Å². The smallest absolute Gasteiger partial charge is 0.408 e. The van der Waals surface area contributed by atoms with Crippen LogP contribution in [0.15, 0.2) is 24.3 Å². The van der Waals surface area contributed by atoms with Gasteiger partial charge < -0.3 is 25.4 Å². The summed E-state index contributed by atoms with van der Waals surface area (Å²) in [7, 11) is 0. The third-order valence-corrected chi connectivity index (χ3v) is 5.51. The van der Waals surface area contributed by atoms with Gasteiger partial charge in [0.1, 0.15) is 17.7 Å². The Bertz CT molecular complexity index is 888. The Morgan fingerprint density at radius 1 is 1.17 bits per heavy atom. The standard InChI is InChI=1S/C27H41N3O5/c1-8-11-14-17-28-24(32)23(21-16-13-12-15-20(21)10-3)30(19(4)9-2)25(33)22(18-31)29-26(34)35-27(5,6)7/h3,12-13,15-16,19,22-23,31H,8-9,11,14,17-18H2,1-2,4-7H3,(H,28,32)(H,29,34). The zero-order valence-corrected chi connectivity index (χ0v) is 21.9. The fraction of sp³-hybridized carbons (Fsp3) is 0.593. The predicted molar refractivity (Wildman–Crippen MR) is 136 cm³/mol. The highest BCUT2D eigenvalue weighted by atomic mass is 16.6. The summed E-state index contributed by atoms with van der Waals surface area (Å²) in [5.41, 5.74) is 0.212. The van der Waals surface area contributed by atoms with Gasteiger partial charge in [0.05, 0.1) is 6.61 Å². The summed E-state index contributed by atoms with van der Waals surface area (Å²) >= 11 is 0. The molecule has 0 spiro atoms. The Morgan fingerprint density at radius 3 is 2.37 bits per heavy atom. The monoisotopic (exact) mass is 487 g/mol. The molecule has 3 unspecified atom stereocenters. The van der Waals surface area contributed by atoms with Crippen LogP contribution >= 0.6 is 0 Å². The summed E-state index contributed by atoms with van der Waals surface area (Å²) in [6, 6.07) is 4.24. The van der Waals surface area contributed by atoms with Crippen LogP contribution < -0.4 is 10.6 Å². The van der Waals surface area contributed by atoms with Gasteiger partial charge in [0.25, 0.3) is 0 Å². The Kier molecular flexibility index (Phi) is 12.3. The maximum atomic E-state index is 13.7. The molecule has 194 valence electrons. The number of carbonyl (C=O) groups excluding carboxylic acids is 3. The summed E-state index contributed by atoms with van der Waals surface area (Å²) in [5, 5.41) is 15.4. The number of hydrogen-bond donors (Lipinski definition) is 3. The number of rotatable bonds is 12. The van der Waals surface area contributed by atoms with Crippen molar-refractivity contribution in [3.05, 3.63) is 35.4 Å². The number of aliphatic hydroxyl groups is 1. The van der Waals surface area contributed by atoms with Crippen molar-refractivity contribution in [3.8, 4) is 12.3 Å². The number of alkyl carbamates (subject to hydrolysis) is 1. The first-order chi connectivity index (χ1) is 16.5. The zero-order chi connectivity index (χ0) is 26.6. The van der Waals surface area contributed by atoms with E-state index in [9.17, 15) is 19.5 Å². The van der Waals surface area contributed by atoms with E-state index in [0.717, 1.165) is 19.3 Å². The fourth-order valence-corrected chi connectivity index (χ4v) is 3.58. The molecule has 0 saturated carbocycles. The molecule has 1 aromatic carbocycles. The number of amides is 3. The van der Waals surface area contributed by atoms with E-state index in [1.54, 1.807) is 45.0 Å².